The van der Waals surface area contributed by atoms with Crippen LogP contribution in [0.3, 0.4) is 0 Å². The molecule has 0 atom stereocenters. The third kappa shape index (κ3) is 2.81. The zero-order chi connectivity index (χ0) is 25.7. The molecule has 0 spiro atoms. The lowest BCUT2D eigenvalue weighted by atomic mass is 10.1. The van der Waals surface area contributed by atoms with E-state index in [0.29, 0.717) is 0 Å². The van der Waals surface area contributed by atoms with E-state index in [9.17, 15) is 64.9 Å². The molecule has 0 N–H and O–H groups in total. The van der Waals surface area contributed by atoms with Crippen molar-refractivity contribution in [3.8, 4) is 22.8 Å². The van der Waals surface area contributed by atoms with E-state index >= 15 is 0 Å². The van der Waals surface area contributed by atoms with E-state index in [-0.39, 0.29) is 0 Å². The van der Waals surface area contributed by atoms with Crippen LogP contribution in [0.1, 0.15) is 11.4 Å². The Morgan fingerprint density at radius 3 is 1.35 bits per heavy atom. The van der Waals surface area contributed by atoms with Crippen LogP contribution in [0, 0.1) is 56.1 Å². The zero-order valence-corrected chi connectivity index (χ0v) is 14.9. The number of hydrogen-bond acceptors (Lipinski definition) is 17. The predicted molar refractivity (Wildman–Crippen MR) is 77.9 cm³/mol. The molecule has 0 aliphatic carbocycles. The van der Waals surface area contributed by atoms with Crippen molar-refractivity contribution >= 4 is 0 Å². The van der Waals surface area contributed by atoms with Gasteiger partial charge in [0.15, 0.2) is 0 Å². The number of nitro groups is 4. The molecule has 0 saturated carbocycles. The van der Waals surface area contributed by atoms with Gasteiger partial charge in [-0.05, 0) is 14.7 Å². The summed E-state index contributed by atoms with van der Waals surface area (Å²) in [7, 11) is 0. The van der Waals surface area contributed by atoms with Crippen LogP contribution in [0.4, 0.5) is 8.78 Å². The highest BCUT2D eigenvalue weighted by molar-refractivity contribution is 5.71. The number of hydrogen-bond donors (Lipinski definition) is 0. The first-order valence-electron chi connectivity index (χ1n) is 7.47. The molecule has 3 heterocycles. The summed E-state index contributed by atoms with van der Waals surface area (Å²) < 4.78 is 40.9. The van der Waals surface area contributed by atoms with E-state index in [2.05, 4.69) is 29.4 Å². The maximum Gasteiger partial charge on any atom is 0.691 e. The van der Waals surface area contributed by atoms with Gasteiger partial charge in [0.1, 0.15) is 19.7 Å². The van der Waals surface area contributed by atoms with Crippen molar-refractivity contribution in [2.75, 3.05) is 0 Å². The van der Waals surface area contributed by atoms with Gasteiger partial charge >= 0.3 is 28.9 Å². The van der Waals surface area contributed by atoms with E-state index in [1.807, 2.05) is 0 Å². The van der Waals surface area contributed by atoms with Crippen LogP contribution in [0.15, 0.2) is 13.9 Å². The number of rotatable bonds is 8. The molecule has 0 fully saturated rings. The molecular weight excluding hydrogens is 498 g/mol. The standard InChI is InChI=1S/C8F2N10O14/c9-7(17(24)25,18(26)27)5-3(15(22)33-12-5)1-2(14(21)32-11-1)4-6(13-34-16(4)23)8(10,19(28)29)20(30)31. The lowest BCUT2D eigenvalue weighted by Crippen LogP contribution is -2.42. The number of aromatic nitrogens is 6. The molecule has 0 unspecified atom stereocenters. The second kappa shape index (κ2) is 7.16. The van der Waals surface area contributed by atoms with Gasteiger partial charge in [-0.1, -0.05) is 8.78 Å². The maximum absolute atomic E-state index is 14.6. The van der Waals surface area contributed by atoms with Crippen molar-refractivity contribution in [1.82, 2.24) is 15.5 Å². The van der Waals surface area contributed by atoms with Crippen molar-refractivity contribution in [3.63, 3.8) is 0 Å². The molecule has 0 aliphatic heterocycles. The monoisotopic (exact) mass is 498 g/mol. The van der Waals surface area contributed by atoms with Gasteiger partial charge in [0.05, 0.1) is 15.5 Å². The van der Waals surface area contributed by atoms with Crippen LogP contribution in [0.2, 0.25) is 0 Å². The minimum atomic E-state index is -4.99. The highest BCUT2D eigenvalue weighted by Gasteiger charge is 2.72. The summed E-state index contributed by atoms with van der Waals surface area (Å²) in [5, 5.41) is 87.5. The molecule has 3 rings (SSSR count). The first-order valence-corrected chi connectivity index (χ1v) is 7.47. The van der Waals surface area contributed by atoms with Gasteiger partial charge in [-0.25, -0.2) is 0 Å². The summed E-state index contributed by atoms with van der Waals surface area (Å²) in [6, 6.07) is 0. The number of halogens is 2. The van der Waals surface area contributed by atoms with Crippen molar-refractivity contribution in [2.45, 2.75) is 11.8 Å². The van der Waals surface area contributed by atoms with Gasteiger partial charge < -0.3 is 15.6 Å². The van der Waals surface area contributed by atoms with Crippen molar-refractivity contribution < 1.29 is 57.1 Å². The highest BCUT2D eigenvalue weighted by Crippen LogP contribution is 2.38. The first-order chi connectivity index (χ1) is 15.7. The fourth-order valence-electron chi connectivity index (χ4n) is 2.39. The Hall–Kier alpha value is -5.72. The second-order valence-corrected chi connectivity index (χ2v) is 5.58. The van der Waals surface area contributed by atoms with E-state index < -0.39 is 80.4 Å². The Morgan fingerprint density at radius 2 is 0.941 bits per heavy atom. The molecule has 0 radical (unpaired) electrons. The molecule has 26 heteroatoms. The topological polar surface area (TPSA) is 331 Å². The molecule has 0 bridgehead atoms. The summed E-state index contributed by atoms with van der Waals surface area (Å²) in [5.41, 5.74) is -11.4. The van der Waals surface area contributed by atoms with E-state index in [0.717, 1.165) is 0 Å². The van der Waals surface area contributed by atoms with Crippen LogP contribution in [-0.4, -0.2) is 35.2 Å². The third-order valence-electron chi connectivity index (χ3n) is 3.86. The highest BCUT2D eigenvalue weighted by atomic mass is 19.2. The largest absolute Gasteiger partial charge is 0.691 e. The van der Waals surface area contributed by atoms with Crippen LogP contribution in [0.25, 0.3) is 22.8 Å². The summed E-state index contributed by atoms with van der Waals surface area (Å²) in [5.74, 6) is -9.96. The second-order valence-electron chi connectivity index (χ2n) is 5.58. The Bertz CT molecular complexity index is 1330. The fraction of sp³-hybridized carbons (Fsp3) is 0.250. The van der Waals surface area contributed by atoms with Crippen molar-refractivity contribution in [1.29, 1.82) is 0 Å². The molecular formula is C8F2N10O14. The van der Waals surface area contributed by atoms with Crippen LogP contribution >= 0.6 is 0 Å². The van der Waals surface area contributed by atoms with Gasteiger partial charge in [0.2, 0.25) is 0 Å². The Labute approximate surface area is 176 Å². The Kier molecular flexibility index (Phi) is 4.84. The molecule has 0 aliphatic rings. The Balaban J connectivity index is 2.42. The molecule has 180 valence electrons. The lowest BCUT2D eigenvalue weighted by Gasteiger charge is -2.03. The molecule has 0 amide bonds. The minimum absolute atomic E-state index is 0.991. The van der Waals surface area contributed by atoms with Crippen LogP contribution < -0.4 is 14.7 Å². The van der Waals surface area contributed by atoms with Gasteiger partial charge in [-0.3, -0.25) is 54.3 Å². The number of nitrogens with zero attached hydrogens (tertiary/aromatic N) is 10. The van der Waals surface area contributed by atoms with E-state index in [1.54, 1.807) is 0 Å². The van der Waals surface area contributed by atoms with E-state index in [4.69, 9.17) is 0 Å². The van der Waals surface area contributed by atoms with Crippen molar-refractivity contribution in [3.05, 3.63) is 67.5 Å². The lowest BCUT2D eigenvalue weighted by molar-refractivity contribution is -0.847. The van der Waals surface area contributed by atoms with Gasteiger partial charge in [-0.15, -0.1) is 0 Å². The molecule has 0 saturated heterocycles. The first kappa shape index (κ1) is 23.0. The van der Waals surface area contributed by atoms with E-state index in [1.165, 1.54) is 0 Å². The summed E-state index contributed by atoms with van der Waals surface area (Å²) >= 11 is 0. The van der Waals surface area contributed by atoms with Crippen LogP contribution in [-0.2, 0) is 11.8 Å². The minimum Gasteiger partial charge on any atom is -0.359 e. The molecule has 0 aromatic carbocycles. The number of alkyl halides is 2. The molecule has 3 aromatic rings. The summed E-state index contributed by atoms with van der Waals surface area (Å²) in [4.78, 5) is 31.9. The SMILES string of the molecule is O=[N+]([O-])C(F)(c1no[n+]([O-])c1-c1no[n+]([O-])c1-c1c(C(F)([N+](=O)[O-])[N+](=O)[O-])no[n+]1[O-])[N+](=O)[O-]. The fourth-order valence-corrected chi connectivity index (χ4v) is 2.39. The van der Waals surface area contributed by atoms with Gasteiger partial charge in [0.25, 0.3) is 17.1 Å². The maximum atomic E-state index is 14.6. The third-order valence-corrected chi connectivity index (χ3v) is 3.86. The van der Waals surface area contributed by atoms with Crippen molar-refractivity contribution in [2.24, 2.45) is 0 Å². The quantitative estimate of drug-likeness (QED) is 0.0990. The molecule has 3 aromatic heterocycles. The molecule has 34 heavy (non-hydrogen) atoms. The summed E-state index contributed by atoms with van der Waals surface area (Å²) in [6.07, 6.45) is 0. The van der Waals surface area contributed by atoms with Gasteiger partial charge in [-0.2, -0.15) is 0 Å². The Morgan fingerprint density at radius 1 is 0.618 bits per heavy atom. The van der Waals surface area contributed by atoms with Crippen LogP contribution in [0.5, 0.6) is 0 Å². The summed E-state index contributed by atoms with van der Waals surface area (Å²) in [6.45, 7) is 0. The average Bonchev–Trinajstić information content (AvgIpc) is 3.42. The smallest absolute Gasteiger partial charge is 0.359 e. The molecule has 24 nitrogen and oxygen atoms in total. The predicted octanol–water partition coefficient (Wildman–Crippen LogP) is -2.85. The average molecular weight is 498 g/mol. The normalized spacial score (nSPS) is 11.9. The van der Waals surface area contributed by atoms with Gasteiger partial charge in [0, 0.05) is 0 Å². The zero-order valence-electron chi connectivity index (χ0n) is 14.9.